The van der Waals surface area contributed by atoms with E-state index in [0.29, 0.717) is 24.3 Å². The van der Waals surface area contributed by atoms with Crippen molar-refractivity contribution >= 4 is 30.1 Å². The SMILES string of the molecule is CSCC(=O)NC1CCCCC1CN.Cl. The van der Waals surface area contributed by atoms with Crippen molar-refractivity contribution in [1.29, 1.82) is 0 Å². The van der Waals surface area contributed by atoms with Crippen molar-refractivity contribution < 1.29 is 4.79 Å². The molecule has 1 aliphatic rings. The normalized spacial score (nSPS) is 25.5. The van der Waals surface area contributed by atoms with Crippen molar-refractivity contribution in [3.8, 4) is 0 Å². The molecule has 1 amide bonds. The molecule has 3 nitrogen and oxygen atoms in total. The molecule has 0 radical (unpaired) electrons. The van der Waals surface area contributed by atoms with Gasteiger partial charge in [0.15, 0.2) is 0 Å². The Balaban J connectivity index is 0.00000196. The predicted octanol–water partition coefficient (Wildman–Crippen LogP) is 1.40. The Hall–Kier alpha value is 0.0700. The largest absolute Gasteiger partial charge is 0.352 e. The number of nitrogens with one attached hydrogen (secondary N) is 1. The highest BCUT2D eigenvalue weighted by atomic mass is 35.5. The molecule has 1 fully saturated rings. The van der Waals surface area contributed by atoms with Crippen molar-refractivity contribution in [2.24, 2.45) is 11.7 Å². The Morgan fingerprint density at radius 3 is 2.73 bits per heavy atom. The smallest absolute Gasteiger partial charge is 0.230 e. The minimum atomic E-state index is 0. The lowest BCUT2D eigenvalue weighted by molar-refractivity contribution is -0.119. The maximum Gasteiger partial charge on any atom is 0.230 e. The topological polar surface area (TPSA) is 55.1 Å². The summed E-state index contributed by atoms with van der Waals surface area (Å²) in [6.45, 7) is 0.699. The molecule has 2 unspecified atom stereocenters. The molecular weight excluding hydrogens is 232 g/mol. The molecule has 1 rings (SSSR count). The fourth-order valence-corrected chi connectivity index (χ4v) is 2.40. The van der Waals surface area contributed by atoms with Crippen LogP contribution in [0.1, 0.15) is 25.7 Å². The van der Waals surface area contributed by atoms with Crippen LogP contribution in [0, 0.1) is 5.92 Å². The number of carbonyl (C=O) groups is 1. The summed E-state index contributed by atoms with van der Waals surface area (Å²) >= 11 is 1.56. The summed E-state index contributed by atoms with van der Waals surface area (Å²) in [4.78, 5) is 11.4. The quantitative estimate of drug-likeness (QED) is 0.796. The van der Waals surface area contributed by atoms with Crippen molar-refractivity contribution in [3.63, 3.8) is 0 Å². The van der Waals surface area contributed by atoms with E-state index in [9.17, 15) is 4.79 Å². The zero-order chi connectivity index (χ0) is 10.4. The van der Waals surface area contributed by atoms with E-state index in [0.717, 1.165) is 6.42 Å². The number of hydrogen-bond acceptors (Lipinski definition) is 3. The molecule has 0 heterocycles. The van der Waals surface area contributed by atoms with Crippen LogP contribution in [0.5, 0.6) is 0 Å². The van der Waals surface area contributed by atoms with E-state index in [1.807, 2.05) is 6.26 Å². The Morgan fingerprint density at radius 2 is 2.13 bits per heavy atom. The van der Waals surface area contributed by atoms with E-state index in [4.69, 9.17) is 5.73 Å². The van der Waals surface area contributed by atoms with Crippen LogP contribution in [0.2, 0.25) is 0 Å². The third-order valence-corrected chi connectivity index (χ3v) is 3.38. The molecule has 0 aromatic carbocycles. The van der Waals surface area contributed by atoms with Crippen molar-refractivity contribution in [1.82, 2.24) is 5.32 Å². The lowest BCUT2D eigenvalue weighted by atomic mass is 9.84. The molecule has 3 N–H and O–H groups in total. The second kappa shape index (κ2) is 8.25. The number of rotatable bonds is 4. The highest BCUT2D eigenvalue weighted by molar-refractivity contribution is 7.99. The summed E-state index contributed by atoms with van der Waals surface area (Å²) in [5.41, 5.74) is 5.69. The monoisotopic (exact) mass is 252 g/mol. The van der Waals surface area contributed by atoms with Gasteiger partial charge in [-0.2, -0.15) is 11.8 Å². The van der Waals surface area contributed by atoms with Crippen molar-refractivity contribution in [3.05, 3.63) is 0 Å². The van der Waals surface area contributed by atoms with Crippen LogP contribution < -0.4 is 11.1 Å². The predicted molar refractivity (Wildman–Crippen MR) is 68.6 cm³/mol. The maximum atomic E-state index is 11.4. The summed E-state index contributed by atoms with van der Waals surface area (Å²) in [5.74, 6) is 1.21. The first-order valence-electron chi connectivity index (χ1n) is 5.26. The summed E-state index contributed by atoms with van der Waals surface area (Å²) in [7, 11) is 0. The van der Waals surface area contributed by atoms with E-state index in [2.05, 4.69) is 5.32 Å². The molecule has 90 valence electrons. The minimum absolute atomic E-state index is 0. The second-order valence-electron chi connectivity index (χ2n) is 3.89. The lowest BCUT2D eigenvalue weighted by Gasteiger charge is -2.31. The van der Waals surface area contributed by atoms with Crippen LogP contribution in [0.4, 0.5) is 0 Å². The summed E-state index contributed by atoms with van der Waals surface area (Å²) < 4.78 is 0. The van der Waals surface area contributed by atoms with Gasteiger partial charge in [0.05, 0.1) is 5.75 Å². The Morgan fingerprint density at radius 1 is 1.47 bits per heavy atom. The number of thioether (sulfide) groups is 1. The fourth-order valence-electron chi connectivity index (χ4n) is 2.06. The van der Waals surface area contributed by atoms with Crippen LogP contribution in [-0.2, 0) is 4.79 Å². The first kappa shape index (κ1) is 15.1. The summed E-state index contributed by atoms with van der Waals surface area (Å²) in [6.07, 6.45) is 6.70. The van der Waals surface area contributed by atoms with E-state index in [1.54, 1.807) is 11.8 Å². The Kier molecular flexibility index (Phi) is 8.29. The third-order valence-electron chi connectivity index (χ3n) is 2.83. The first-order valence-corrected chi connectivity index (χ1v) is 6.65. The number of hydrogen-bond donors (Lipinski definition) is 2. The first-order chi connectivity index (χ1) is 6.77. The van der Waals surface area contributed by atoms with Gasteiger partial charge in [-0.1, -0.05) is 12.8 Å². The summed E-state index contributed by atoms with van der Waals surface area (Å²) in [6, 6.07) is 0.327. The molecule has 0 saturated heterocycles. The number of nitrogens with two attached hydrogens (primary N) is 1. The van der Waals surface area contributed by atoms with E-state index < -0.39 is 0 Å². The lowest BCUT2D eigenvalue weighted by Crippen LogP contribution is -2.45. The van der Waals surface area contributed by atoms with Gasteiger partial charge in [0.25, 0.3) is 0 Å². The minimum Gasteiger partial charge on any atom is -0.352 e. The van der Waals surface area contributed by atoms with Crippen LogP contribution >= 0.6 is 24.2 Å². The molecule has 15 heavy (non-hydrogen) atoms. The zero-order valence-electron chi connectivity index (χ0n) is 9.20. The van der Waals surface area contributed by atoms with Crippen LogP contribution in [0.3, 0.4) is 0 Å². The highest BCUT2D eigenvalue weighted by Crippen LogP contribution is 2.23. The standard InChI is InChI=1S/C10H20N2OS.ClH/c1-14-7-10(13)12-9-5-3-2-4-8(9)6-11;/h8-9H,2-7,11H2,1H3,(H,12,13);1H. The van der Waals surface area contributed by atoms with E-state index in [-0.39, 0.29) is 18.3 Å². The van der Waals surface area contributed by atoms with Gasteiger partial charge >= 0.3 is 0 Å². The molecule has 1 aliphatic carbocycles. The van der Waals surface area contributed by atoms with Gasteiger partial charge in [0.2, 0.25) is 5.91 Å². The average molecular weight is 253 g/mol. The van der Waals surface area contributed by atoms with Gasteiger partial charge in [-0.25, -0.2) is 0 Å². The molecule has 2 atom stereocenters. The number of amides is 1. The molecular formula is C10H21ClN2OS. The van der Waals surface area contributed by atoms with Crippen LogP contribution in [0.25, 0.3) is 0 Å². The van der Waals surface area contributed by atoms with Gasteiger partial charge in [-0.3, -0.25) is 4.79 Å². The summed E-state index contributed by atoms with van der Waals surface area (Å²) in [5, 5.41) is 3.08. The number of carbonyl (C=O) groups excluding carboxylic acids is 1. The van der Waals surface area contributed by atoms with Crippen LogP contribution in [-0.4, -0.2) is 30.5 Å². The van der Waals surface area contributed by atoms with Crippen molar-refractivity contribution in [2.75, 3.05) is 18.6 Å². The van der Waals surface area contributed by atoms with Gasteiger partial charge in [0, 0.05) is 6.04 Å². The van der Waals surface area contributed by atoms with Gasteiger partial charge in [-0.15, -0.1) is 12.4 Å². The zero-order valence-corrected chi connectivity index (χ0v) is 10.8. The maximum absolute atomic E-state index is 11.4. The molecule has 0 aromatic heterocycles. The Labute approximate surface area is 102 Å². The molecule has 0 aromatic rings. The van der Waals surface area contributed by atoms with Gasteiger partial charge in [0.1, 0.15) is 0 Å². The van der Waals surface area contributed by atoms with E-state index in [1.165, 1.54) is 19.3 Å². The highest BCUT2D eigenvalue weighted by Gasteiger charge is 2.24. The average Bonchev–Trinajstić information content (AvgIpc) is 2.19. The van der Waals surface area contributed by atoms with Gasteiger partial charge < -0.3 is 11.1 Å². The van der Waals surface area contributed by atoms with Gasteiger partial charge in [-0.05, 0) is 31.6 Å². The van der Waals surface area contributed by atoms with Crippen molar-refractivity contribution in [2.45, 2.75) is 31.7 Å². The third kappa shape index (κ3) is 5.09. The fraction of sp³-hybridized carbons (Fsp3) is 0.900. The second-order valence-corrected chi connectivity index (χ2v) is 4.75. The molecule has 0 spiro atoms. The number of halogens is 1. The molecule has 5 heteroatoms. The van der Waals surface area contributed by atoms with E-state index >= 15 is 0 Å². The molecule has 0 aliphatic heterocycles. The van der Waals surface area contributed by atoms with Crippen LogP contribution in [0.15, 0.2) is 0 Å². The Bertz CT molecular complexity index is 192. The molecule has 0 bridgehead atoms. The molecule has 1 saturated carbocycles.